The number of halogens is 1. The maximum absolute atomic E-state index is 14.6. The van der Waals surface area contributed by atoms with E-state index in [0.717, 1.165) is 18.4 Å². The van der Waals surface area contributed by atoms with E-state index in [0.29, 0.717) is 23.6 Å². The number of aromatic nitrogens is 2. The van der Waals surface area contributed by atoms with Crippen molar-refractivity contribution in [3.63, 3.8) is 0 Å². The summed E-state index contributed by atoms with van der Waals surface area (Å²) in [5, 5.41) is 10.6. The predicted molar refractivity (Wildman–Crippen MR) is 185 cm³/mol. The smallest absolute Gasteiger partial charge is 0.246 e. The van der Waals surface area contributed by atoms with E-state index in [-0.39, 0.29) is 43.2 Å². The van der Waals surface area contributed by atoms with Crippen molar-refractivity contribution < 1.29 is 33.6 Å². The molecule has 3 heterocycles. The number of carbonyl (C=O) groups is 6. The molecule has 1 unspecified atom stereocenters. The molecule has 3 fully saturated rings. The molecular weight excluding hydrogens is 676 g/mol. The number of nitrogens with one attached hydrogen (secondary N) is 2. The highest BCUT2D eigenvalue weighted by Gasteiger charge is 2.56. The third-order valence-electron chi connectivity index (χ3n) is 10.2. The average Bonchev–Trinajstić information content (AvgIpc) is 4.03. The van der Waals surface area contributed by atoms with Crippen molar-refractivity contribution in [3.8, 4) is 0 Å². The van der Waals surface area contributed by atoms with E-state index in [1.54, 1.807) is 45.9 Å². The molecule has 270 valence electrons. The number of likely N-dealkylation sites (tertiary alicyclic amines) is 1. The first kappa shape index (κ1) is 36.3. The first-order valence-electron chi connectivity index (χ1n) is 17.5. The SMILES string of the molecule is CCC(=O)C(=O)[C@H](CC1CC1)NC(=O)[C@@H]1C[C@]2(CC(c3cccc(Cl)c3)=NO2)CN1C(=O)[C@@H](NC(=O)C1C[C@H]1C(=O)c1cnccn1)C(C)(C)C. The highest BCUT2D eigenvalue weighted by atomic mass is 35.5. The summed E-state index contributed by atoms with van der Waals surface area (Å²) in [6, 6.07) is 3.96. The minimum absolute atomic E-state index is 0.0175. The Kier molecular flexibility index (Phi) is 10.1. The fourth-order valence-corrected chi connectivity index (χ4v) is 7.15. The van der Waals surface area contributed by atoms with Crippen LogP contribution in [0.25, 0.3) is 0 Å². The molecule has 0 radical (unpaired) electrons. The molecular formula is C37H43ClN6O7. The highest BCUT2D eigenvalue weighted by molar-refractivity contribution is 6.39. The first-order chi connectivity index (χ1) is 24.2. The van der Waals surface area contributed by atoms with Crippen LogP contribution in [0, 0.1) is 23.2 Å². The second-order valence-electron chi connectivity index (χ2n) is 15.3. The van der Waals surface area contributed by atoms with Gasteiger partial charge in [0.15, 0.2) is 17.2 Å². The molecule has 1 saturated heterocycles. The van der Waals surface area contributed by atoms with E-state index in [1.165, 1.54) is 23.5 Å². The number of Topliss-reactive ketones (excluding diaryl/α,β-unsaturated/α-hetero) is 3. The summed E-state index contributed by atoms with van der Waals surface area (Å²) in [5.41, 5.74) is -0.350. The first-order valence-corrected chi connectivity index (χ1v) is 17.9. The van der Waals surface area contributed by atoms with E-state index < -0.39 is 70.3 Å². The molecule has 2 aliphatic heterocycles. The van der Waals surface area contributed by atoms with Crippen LogP contribution in [0.2, 0.25) is 5.02 Å². The minimum atomic E-state index is -1.09. The van der Waals surface area contributed by atoms with Crippen LogP contribution in [-0.4, -0.2) is 85.9 Å². The number of oxime groups is 1. The van der Waals surface area contributed by atoms with Gasteiger partial charge >= 0.3 is 0 Å². The molecule has 1 aromatic carbocycles. The Bertz CT molecular complexity index is 1770. The van der Waals surface area contributed by atoms with Crippen LogP contribution >= 0.6 is 11.6 Å². The standard InChI is InChI=1S/C37H43ClN6O7/c1-5-29(45)31(47)25(13-20-9-10-20)41-34(49)28-17-37(16-26(43-51-37)21-7-6-8-22(38)14-21)19-44(28)35(50)32(36(2,3)4)42-33(48)24-15-23(24)30(46)27-18-39-11-12-40-27/h6-8,11-12,14,18,20,23-25,28,32H,5,9-10,13,15-17,19H2,1-4H3,(H,41,49)(H,42,48)/t23-,24?,25+,28+,32-,37-/m1/s1. The summed E-state index contributed by atoms with van der Waals surface area (Å²) in [5.74, 6) is -4.04. The lowest BCUT2D eigenvalue weighted by Gasteiger charge is -2.35. The van der Waals surface area contributed by atoms with E-state index in [9.17, 15) is 28.8 Å². The lowest BCUT2D eigenvalue weighted by molar-refractivity contribution is -0.145. The van der Waals surface area contributed by atoms with Crippen molar-refractivity contribution in [3.05, 3.63) is 59.1 Å². The van der Waals surface area contributed by atoms with Gasteiger partial charge in [0.1, 0.15) is 17.8 Å². The van der Waals surface area contributed by atoms with E-state index in [4.69, 9.17) is 16.4 Å². The van der Waals surface area contributed by atoms with Gasteiger partial charge in [0.25, 0.3) is 0 Å². The number of ketones is 3. The third-order valence-corrected chi connectivity index (χ3v) is 10.4. The van der Waals surface area contributed by atoms with Gasteiger partial charge in [-0.1, -0.05) is 69.4 Å². The minimum Gasteiger partial charge on any atom is -0.387 e. The summed E-state index contributed by atoms with van der Waals surface area (Å²) in [6.45, 7) is 6.99. The molecule has 6 rings (SSSR count). The molecule has 0 bridgehead atoms. The number of carbonyl (C=O) groups excluding carboxylic acids is 6. The monoisotopic (exact) mass is 718 g/mol. The molecule has 2 saturated carbocycles. The Hall–Kier alpha value is -4.52. The molecule has 51 heavy (non-hydrogen) atoms. The van der Waals surface area contributed by atoms with Gasteiger partial charge in [-0.3, -0.25) is 33.8 Å². The van der Waals surface area contributed by atoms with Gasteiger partial charge in [-0.25, -0.2) is 4.98 Å². The fraction of sp³-hybridized carbons (Fsp3) is 0.541. The number of amides is 3. The Morgan fingerprint density at radius 3 is 2.47 bits per heavy atom. The van der Waals surface area contributed by atoms with Crippen LogP contribution in [0.5, 0.6) is 0 Å². The van der Waals surface area contributed by atoms with Crippen molar-refractivity contribution in [1.29, 1.82) is 0 Å². The molecule has 1 spiro atoms. The zero-order valence-corrected chi connectivity index (χ0v) is 29.9. The molecule has 13 nitrogen and oxygen atoms in total. The van der Waals surface area contributed by atoms with Crippen molar-refractivity contribution in [1.82, 2.24) is 25.5 Å². The topological polar surface area (TPSA) is 177 Å². The van der Waals surface area contributed by atoms with Gasteiger partial charge in [-0.15, -0.1) is 0 Å². The Morgan fingerprint density at radius 1 is 1.06 bits per heavy atom. The summed E-state index contributed by atoms with van der Waals surface area (Å²) < 4.78 is 0. The van der Waals surface area contributed by atoms with Gasteiger partial charge in [0.2, 0.25) is 23.5 Å². The van der Waals surface area contributed by atoms with Gasteiger partial charge in [0.05, 0.1) is 24.5 Å². The molecule has 6 atom stereocenters. The molecule has 4 aliphatic rings. The van der Waals surface area contributed by atoms with Crippen LogP contribution in [-0.2, 0) is 28.8 Å². The van der Waals surface area contributed by atoms with E-state index in [2.05, 4.69) is 25.8 Å². The number of hydrogen-bond acceptors (Lipinski definition) is 10. The van der Waals surface area contributed by atoms with Crippen LogP contribution in [0.1, 0.15) is 88.7 Å². The van der Waals surface area contributed by atoms with Gasteiger partial charge in [0, 0.05) is 54.1 Å². The van der Waals surface area contributed by atoms with Crippen molar-refractivity contribution in [2.75, 3.05) is 6.54 Å². The van der Waals surface area contributed by atoms with Crippen LogP contribution < -0.4 is 10.6 Å². The Labute approximate surface area is 301 Å². The number of nitrogens with zero attached hydrogens (tertiary/aromatic N) is 4. The molecule has 2 aliphatic carbocycles. The second kappa shape index (κ2) is 14.2. The number of benzene rings is 1. The molecule has 14 heteroatoms. The molecule has 1 aromatic heterocycles. The Morgan fingerprint density at radius 2 is 1.82 bits per heavy atom. The van der Waals surface area contributed by atoms with Crippen LogP contribution in [0.3, 0.4) is 0 Å². The zero-order valence-electron chi connectivity index (χ0n) is 29.2. The second-order valence-corrected chi connectivity index (χ2v) is 15.7. The number of rotatable bonds is 13. The quantitative estimate of drug-likeness (QED) is 0.232. The van der Waals surface area contributed by atoms with Crippen molar-refractivity contribution in [2.24, 2.45) is 28.3 Å². The summed E-state index contributed by atoms with van der Waals surface area (Å²) >= 11 is 6.24. The maximum atomic E-state index is 14.6. The van der Waals surface area contributed by atoms with E-state index >= 15 is 0 Å². The predicted octanol–water partition coefficient (Wildman–Crippen LogP) is 3.48. The normalized spacial score (nSPS) is 25.0. The van der Waals surface area contributed by atoms with Crippen molar-refractivity contribution >= 4 is 52.4 Å². The zero-order chi connectivity index (χ0) is 36.7. The van der Waals surface area contributed by atoms with Crippen molar-refractivity contribution in [2.45, 2.75) is 96.4 Å². The van der Waals surface area contributed by atoms with Crippen LogP contribution in [0.4, 0.5) is 0 Å². The van der Waals surface area contributed by atoms with Gasteiger partial charge in [-0.2, -0.15) is 0 Å². The lowest BCUT2D eigenvalue weighted by Crippen LogP contribution is -2.59. The molecule has 2 aromatic rings. The summed E-state index contributed by atoms with van der Waals surface area (Å²) in [6.07, 6.45) is 7.07. The largest absolute Gasteiger partial charge is 0.387 e. The van der Waals surface area contributed by atoms with E-state index in [1.807, 2.05) is 6.07 Å². The highest BCUT2D eigenvalue weighted by Crippen LogP contribution is 2.43. The summed E-state index contributed by atoms with van der Waals surface area (Å²) in [4.78, 5) is 96.3. The van der Waals surface area contributed by atoms with Crippen LogP contribution in [0.15, 0.2) is 48.0 Å². The summed E-state index contributed by atoms with van der Waals surface area (Å²) in [7, 11) is 0. The maximum Gasteiger partial charge on any atom is 0.246 e. The third kappa shape index (κ3) is 8.03. The Balaban J connectivity index is 1.24. The lowest BCUT2D eigenvalue weighted by atomic mass is 9.85. The number of hydrogen-bond donors (Lipinski definition) is 2. The molecule has 3 amide bonds. The fourth-order valence-electron chi connectivity index (χ4n) is 6.96. The molecule has 2 N–H and O–H groups in total. The van der Waals surface area contributed by atoms with Gasteiger partial charge in [-0.05, 0) is 36.3 Å². The average molecular weight is 719 g/mol. The van der Waals surface area contributed by atoms with Gasteiger partial charge < -0.3 is 20.4 Å².